The zero-order chi connectivity index (χ0) is 20.3. The Labute approximate surface area is 167 Å². The van der Waals surface area contributed by atoms with E-state index in [1.54, 1.807) is 13.8 Å². The molecule has 2 amide bonds. The Hall–Kier alpha value is -2.74. The van der Waals surface area contributed by atoms with Gasteiger partial charge in [-0.05, 0) is 57.2 Å². The molecule has 3 rings (SSSR count). The maximum atomic E-state index is 12.7. The number of nitrogens with zero attached hydrogens (tertiary/aromatic N) is 1. The number of thiophene rings is 1. The van der Waals surface area contributed by atoms with Gasteiger partial charge in [-0.15, -0.1) is 11.3 Å². The van der Waals surface area contributed by atoms with E-state index in [9.17, 15) is 14.4 Å². The van der Waals surface area contributed by atoms with Crippen LogP contribution in [-0.2, 0) is 17.6 Å². The zero-order valence-electron chi connectivity index (χ0n) is 16.0. The molecule has 8 heteroatoms. The van der Waals surface area contributed by atoms with Gasteiger partial charge in [0.25, 0.3) is 11.8 Å². The average Bonchev–Trinajstić information content (AvgIpc) is 2.82. The second kappa shape index (κ2) is 8.52. The number of nitrogens with one attached hydrogen (secondary N) is 1. The van der Waals surface area contributed by atoms with Crippen LogP contribution in [0.25, 0.3) is 0 Å². The van der Waals surface area contributed by atoms with E-state index in [2.05, 4.69) is 10.3 Å². The highest BCUT2D eigenvalue weighted by Crippen LogP contribution is 2.37. The fourth-order valence-corrected chi connectivity index (χ4v) is 4.66. The molecule has 0 atom stereocenters. The number of primary amides is 1. The van der Waals surface area contributed by atoms with Gasteiger partial charge in [-0.1, -0.05) is 6.42 Å². The number of anilines is 1. The SMILES string of the molecule is CCOC(=O)c1ccc(C(=O)Nc2sc3c(c2C(N)=O)CCCCC3)nc1C. The molecular weight excluding hydrogens is 378 g/mol. The molecule has 0 bridgehead atoms. The van der Waals surface area contributed by atoms with Gasteiger partial charge in [0.2, 0.25) is 0 Å². The van der Waals surface area contributed by atoms with Crippen molar-refractivity contribution >= 4 is 34.1 Å². The summed E-state index contributed by atoms with van der Waals surface area (Å²) in [5.41, 5.74) is 7.86. The third-order valence-electron chi connectivity index (χ3n) is 4.71. The molecule has 1 aliphatic carbocycles. The summed E-state index contributed by atoms with van der Waals surface area (Å²) in [5, 5.41) is 3.26. The number of esters is 1. The van der Waals surface area contributed by atoms with Gasteiger partial charge in [0, 0.05) is 4.88 Å². The third kappa shape index (κ3) is 4.06. The van der Waals surface area contributed by atoms with Crippen molar-refractivity contribution in [3.8, 4) is 0 Å². The molecule has 3 N–H and O–H groups in total. The Bertz CT molecular complexity index is 936. The van der Waals surface area contributed by atoms with Crippen molar-refractivity contribution < 1.29 is 19.1 Å². The Balaban J connectivity index is 1.86. The predicted molar refractivity (Wildman–Crippen MR) is 107 cm³/mol. The Kier molecular flexibility index (Phi) is 6.08. The average molecular weight is 401 g/mol. The third-order valence-corrected chi connectivity index (χ3v) is 5.92. The number of aryl methyl sites for hydroxylation is 2. The van der Waals surface area contributed by atoms with Crippen LogP contribution >= 0.6 is 11.3 Å². The van der Waals surface area contributed by atoms with Crippen LogP contribution < -0.4 is 11.1 Å². The van der Waals surface area contributed by atoms with Gasteiger partial charge in [-0.3, -0.25) is 9.59 Å². The number of nitrogens with two attached hydrogens (primary N) is 1. The predicted octanol–water partition coefficient (Wildman–Crippen LogP) is 3.25. The van der Waals surface area contributed by atoms with Crippen LogP contribution in [0.4, 0.5) is 5.00 Å². The van der Waals surface area contributed by atoms with Crippen LogP contribution in [-0.4, -0.2) is 29.4 Å². The molecule has 0 unspecified atom stereocenters. The largest absolute Gasteiger partial charge is 0.462 e. The number of carbonyl (C=O) groups is 3. The van der Waals surface area contributed by atoms with Gasteiger partial charge in [-0.2, -0.15) is 0 Å². The number of pyridine rings is 1. The van der Waals surface area contributed by atoms with Gasteiger partial charge < -0.3 is 15.8 Å². The highest BCUT2D eigenvalue weighted by atomic mass is 32.1. The van der Waals surface area contributed by atoms with E-state index in [4.69, 9.17) is 10.5 Å². The lowest BCUT2D eigenvalue weighted by Gasteiger charge is -2.08. The van der Waals surface area contributed by atoms with Gasteiger partial charge in [0.05, 0.1) is 23.4 Å². The Morgan fingerprint density at radius 3 is 2.64 bits per heavy atom. The number of ether oxygens (including phenoxy) is 1. The minimum absolute atomic E-state index is 0.157. The number of hydrogen-bond donors (Lipinski definition) is 2. The molecule has 0 saturated heterocycles. The number of hydrogen-bond acceptors (Lipinski definition) is 6. The number of amides is 2. The van der Waals surface area contributed by atoms with Gasteiger partial charge in [-0.25, -0.2) is 9.78 Å². The molecule has 28 heavy (non-hydrogen) atoms. The molecular formula is C20H23N3O4S. The molecule has 148 valence electrons. The van der Waals surface area contributed by atoms with Gasteiger partial charge in [0.1, 0.15) is 10.7 Å². The van der Waals surface area contributed by atoms with Crippen LogP contribution in [0.5, 0.6) is 0 Å². The molecule has 0 spiro atoms. The fourth-order valence-electron chi connectivity index (χ4n) is 3.37. The standard InChI is InChI=1S/C20H23N3O4S/c1-3-27-20(26)12-9-10-14(22-11(12)2)18(25)23-19-16(17(21)24)13-7-5-4-6-8-15(13)28-19/h9-10H,3-8H2,1-2H3,(H2,21,24)(H,23,25). The lowest BCUT2D eigenvalue weighted by molar-refractivity contribution is 0.0524. The monoisotopic (exact) mass is 401 g/mol. The topological polar surface area (TPSA) is 111 Å². The van der Waals surface area contributed by atoms with Crippen molar-refractivity contribution in [2.24, 2.45) is 5.73 Å². The normalized spacial score (nSPS) is 13.4. The van der Waals surface area contributed by atoms with Crippen LogP contribution in [0.15, 0.2) is 12.1 Å². The number of fused-ring (bicyclic) bond motifs is 1. The van der Waals surface area contributed by atoms with Crippen LogP contribution in [0.2, 0.25) is 0 Å². The molecule has 0 aliphatic heterocycles. The van der Waals surface area contributed by atoms with E-state index in [1.165, 1.54) is 23.5 Å². The van der Waals surface area contributed by atoms with Gasteiger partial charge in [0.15, 0.2) is 0 Å². The first kappa shape index (κ1) is 20.0. The smallest absolute Gasteiger partial charge is 0.339 e. The first-order chi connectivity index (χ1) is 13.4. The molecule has 0 radical (unpaired) electrons. The number of carbonyl (C=O) groups excluding carboxylic acids is 3. The van der Waals surface area contributed by atoms with Gasteiger partial charge >= 0.3 is 5.97 Å². The van der Waals surface area contributed by atoms with Crippen molar-refractivity contribution in [1.29, 1.82) is 0 Å². The van der Waals surface area contributed by atoms with Crippen molar-refractivity contribution in [3.63, 3.8) is 0 Å². The molecule has 1 aliphatic rings. The van der Waals surface area contributed by atoms with E-state index >= 15 is 0 Å². The summed E-state index contributed by atoms with van der Waals surface area (Å²) in [6.07, 6.45) is 4.88. The first-order valence-electron chi connectivity index (χ1n) is 9.32. The Morgan fingerprint density at radius 2 is 1.96 bits per heavy atom. The zero-order valence-corrected chi connectivity index (χ0v) is 16.8. The minimum atomic E-state index is -0.531. The molecule has 7 nitrogen and oxygen atoms in total. The number of aromatic nitrogens is 1. The summed E-state index contributed by atoms with van der Waals surface area (Å²) in [6, 6.07) is 2.99. The van der Waals surface area contributed by atoms with E-state index in [1.807, 2.05) is 0 Å². The van der Waals surface area contributed by atoms with Crippen molar-refractivity contribution in [2.45, 2.75) is 46.0 Å². The van der Waals surface area contributed by atoms with Crippen molar-refractivity contribution in [3.05, 3.63) is 45.1 Å². The van der Waals surface area contributed by atoms with Crippen LogP contribution in [0.1, 0.15) is 73.5 Å². The summed E-state index contributed by atoms with van der Waals surface area (Å²) >= 11 is 1.41. The summed E-state index contributed by atoms with van der Waals surface area (Å²) in [6.45, 7) is 3.63. The highest BCUT2D eigenvalue weighted by Gasteiger charge is 2.25. The summed E-state index contributed by atoms with van der Waals surface area (Å²) in [5.74, 6) is -1.45. The summed E-state index contributed by atoms with van der Waals surface area (Å²) in [7, 11) is 0. The first-order valence-corrected chi connectivity index (χ1v) is 10.1. The van der Waals surface area contributed by atoms with E-state index < -0.39 is 17.8 Å². The van der Waals surface area contributed by atoms with E-state index in [-0.39, 0.29) is 12.3 Å². The molecule has 2 aromatic heterocycles. The molecule has 0 fully saturated rings. The van der Waals surface area contributed by atoms with E-state index in [0.29, 0.717) is 21.8 Å². The van der Waals surface area contributed by atoms with Crippen molar-refractivity contribution in [2.75, 3.05) is 11.9 Å². The molecule has 2 aromatic rings. The summed E-state index contributed by atoms with van der Waals surface area (Å²) in [4.78, 5) is 41.9. The van der Waals surface area contributed by atoms with Crippen molar-refractivity contribution in [1.82, 2.24) is 4.98 Å². The highest BCUT2D eigenvalue weighted by molar-refractivity contribution is 7.17. The minimum Gasteiger partial charge on any atom is -0.462 e. The van der Waals surface area contributed by atoms with E-state index in [0.717, 1.165) is 42.5 Å². The quantitative estimate of drug-likeness (QED) is 0.590. The maximum Gasteiger partial charge on any atom is 0.339 e. The molecule has 2 heterocycles. The second-order valence-electron chi connectivity index (χ2n) is 6.64. The second-order valence-corrected chi connectivity index (χ2v) is 7.74. The summed E-state index contributed by atoms with van der Waals surface area (Å²) < 4.78 is 4.97. The lowest BCUT2D eigenvalue weighted by Crippen LogP contribution is -2.19. The van der Waals surface area contributed by atoms with Crippen LogP contribution in [0, 0.1) is 6.92 Å². The maximum absolute atomic E-state index is 12.7. The van der Waals surface area contributed by atoms with Crippen LogP contribution in [0.3, 0.4) is 0 Å². The molecule has 0 saturated carbocycles. The number of rotatable bonds is 5. The fraction of sp³-hybridized carbons (Fsp3) is 0.400. The lowest BCUT2D eigenvalue weighted by atomic mass is 10.1. The Morgan fingerprint density at radius 1 is 1.21 bits per heavy atom. The molecule has 0 aromatic carbocycles.